The predicted octanol–water partition coefficient (Wildman–Crippen LogP) is 1.85. The lowest BCUT2D eigenvalue weighted by Crippen LogP contribution is -2.42. The number of nitrogens with one attached hydrogen (secondary N) is 2. The highest BCUT2D eigenvalue weighted by molar-refractivity contribution is 5.98. The van der Waals surface area contributed by atoms with Crippen LogP contribution in [0, 0.1) is 10.8 Å². The highest BCUT2D eigenvalue weighted by atomic mass is 16.2. The summed E-state index contributed by atoms with van der Waals surface area (Å²) in [4.78, 5) is 21.5. The molecule has 0 aromatic rings. The van der Waals surface area contributed by atoms with E-state index in [0.717, 1.165) is 0 Å². The zero-order valence-corrected chi connectivity index (χ0v) is 12.1. The second-order valence-corrected chi connectivity index (χ2v) is 6.90. The highest BCUT2D eigenvalue weighted by Gasteiger charge is 2.30. The lowest BCUT2D eigenvalue weighted by molar-refractivity contribution is -0.136. The quantitative estimate of drug-likeness (QED) is 0.649. The van der Waals surface area contributed by atoms with Gasteiger partial charge in [0.25, 0.3) is 0 Å². The second-order valence-electron chi connectivity index (χ2n) is 6.90. The molecule has 2 aliphatic rings. The van der Waals surface area contributed by atoms with Crippen molar-refractivity contribution in [3.8, 4) is 0 Å². The Morgan fingerprint density at radius 3 is 1.56 bits per heavy atom. The van der Waals surface area contributed by atoms with Crippen LogP contribution in [-0.2, 0) is 9.59 Å². The molecule has 2 fully saturated rings. The summed E-state index contributed by atoms with van der Waals surface area (Å²) in [6.45, 7) is 11.0. The first-order valence-corrected chi connectivity index (χ1v) is 6.74. The fraction of sp³-hybridized carbons (Fsp3) is 0.857. The van der Waals surface area contributed by atoms with E-state index in [1.807, 2.05) is 13.8 Å². The van der Waals surface area contributed by atoms with Crippen molar-refractivity contribution in [1.82, 2.24) is 10.6 Å². The Kier molecular flexibility index (Phi) is 4.91. The minimum Gasteiger partial charge on any atom is -0.317 e. The zero-order chi connectivity index (χ0) is 13.8. The largest absolute Gasteiger partial charge is 0.317 e. The van der Waals surface area contributed by atoms with Crippen LogP contribution in [0.15, 0.2) is 0 Å². The summed E-state index contributed by atoms with van der Waals surface area (Å²) in [5.41, 5.74) is 0.477. The molecule has 0 aromatic carbocycles. The molecule has 0 unspecified atom stereocenters. The molecular formula is C14H26N2O2. The summed E-state index contributed by atoms with van der Waals surface area (Å²) < 4.78 is 0. The molecular weight excluding hydrogens is 228 g/mol. The van der Waals surface area contributed by atoms with Crippen LogP contribution in [0.2, 0.25) is 0 Å². The van der Waals surface area contributed by atoms with Gasteiger partial charge < -0.3 is 5.32 Å². The maximum Gasteiger partial charge on any atom is 0.227 e. The van der Waals surface area contributed by atoms with E-state index >= 15 is 0 Å². The van der Waals surface area contributed by atoms with Gasteiger partial charge in [0.05, 0.1) is 0 Å². The first kappa shape index (κ1) is 15.2. The molecule has 0 aromatic heterocycles. The van der Waals surface area contributed by atoms with Crippen molar-refractivity contribution in [2.45, 2.75) is 53.4 Å². The minimum absolute atomic E-state index is 0.139. The van der Waals surface area contributed by atoms with Gasteiger partial charge in [-0.1, -0.05) is 27.7 Å². The minimum atomic E-state index is -0.152. The molecule has 0 bridgehead atoms. The molecule has 4 nitrogen and oxygen atoms in total. The molecule has 104 valence electrons. The number of hydrogen-bond acceptors (Lipinski definition) is 3. The van der Waals surface area contributed by atoms with E-state index in [1.54, 1.807) is 0 Å². The molecule has 2 saturated heterocycles. The third kappa shape index (κ3) is 5.63. The Morgan fingerprint density at radius 1 is 0.833 bits per heavy atom. The first-order chi connectivity index (χ1) is 8.20. The number of imide groups is 1. The Bertz CT molecular complexity index is 296. The monoisotopic (exact) mass is 254 g/mol. The molecule has 0 radical (unpaired) electrons. The summed E-state index contributed by atoms with van der Waals surface area (Å²) >= 11 is 0. The third-order valence-corrected chi connectivity index (χ3v) is 3.51. The van der Waals surface area contributed by atoms with Crippen molar-refractivity contribution < 1.29 is 9.59 Å². The van der Waals surface area contributed by atoms with Crippen LogP contribution in [0.1, 0.15) is 53.4 Å². The number of rotatable bonds is 0. The van der Waals surface area contributed by atoms with Crippen LogP contribution < -0.4 is 10.6 Å². The summed E-state index contributed by atoms with van der Waals surface area (Å²) in [5, 5.41) is 5.60. The van der Waals surface area contributed by atoms with E-state index in [-0.39, 0.29) is 17.2 Å². The molecule has 2 amide bonds. The fourth-order valence-corrected chi connectivity index (χ4v) is 2.28. The van der Waals surface area contributed by atoms with Gasteiger partial charge in [-0.15, -0.1) is 0 Å². The number of carbonyl (C=O) groups is 2. The number of carbonyl (C=O) groups excluding carboxylic acids is 2. The molecule has 2 rings (SSSR count). The van der Waals surface area contributed by atoms with Crippen molar-refractivity contribution in [3.05, 3.63) is 0 Å². The molecule has 18 heavy (non-hydrogen) atoms. The topological polar surface area (TPSA) is 58.2 Å². The molecule has 0 aliphatic carbocycles. The number of piperidine rings is 2. The van der Waals surface area contributed by atoms with Gasteiger partial charge in [0.2, 0.25) is 11.8 Å². The summed E-state index contributed by atoms with van der Waals surface area (Å²) in [6, 6.07) is 0. The van der Waals surface area contributed by atoms with E-state index in [4.69, 9.17) is 0 Å². The van der Waals surface area contributed by atoms with E-state index in [2.05, 4.69) is 24.5 Å². The lowest BCUT2D eigenvalue weighted by atomic mass is 9.83. The standard InChI is InChI=1S/C7H11NO2.C7H15N/c1-7(2)3-5(9)8-6(10)4-7;1-7(2)3-5-8-6-4-7/h3-4H2,1-2H3,(H,8,9,10);8H,3-6H2,1-2H3. The molecule has 4 heteroatoms. The van der Waals surface area contributed by atoms with Gasteiger partial charge in [0.15, 0.2) is 0 Å². The maximum atomic E-state index is 10.8. The smallest absolute Gasteiger partial charge is 0.227 e. The van der Waals surface area contributed by atoms with Crippen molar-refractivity contribution >= 4 is 11.8 Å². The van der Waals surface area contributed by atoms with Crippen LogP contribution in [0.3, 0.4) is 0 Å². The molecule has 2 aliphatic heterocycles. The van der Waals surface area contributed by atoms with E-state index in [1.165, 1.54) is 25.9 Å². The Balaban J connectivity index is 0.000000184. The summed E-state index contributed by atoms with van der Waals surface area (Å²) in [5.74, 6) is -0.303. The van der Waals surface area contributed by atoms with Gasteiger partial charge in [-0.25, -0.2) is 0 Å². The molecule has 2 N–H and O–H groups in total. The highest BCUT2D eigenvalue weighted by Crippen LogP contribution is 2.27. The SMILES string of the molecule is CC1(C)CC(=O)NC(=O)C1.CC1(C)CCNCC1. The van der Waals surface area contributed by atoms with Crippen molar-refractivity contribution in [1.29, 1.82) is 0 Å². The van der Waals surface area contributed by atoms with Gasteiger partial charge in [0, 0.05) is 12.8 Å². The number of hydrogen-bond donors (Lipinski definition) is 2. The molecule has 0 saturated carbocycles. The second kappa shape index (κ2) is 5.83. The summed E-state index contributed by atoms with van der Waals surface area (Å²) in [6.07, 6.45) is 3.59. The van der Waals surface area contributed by atoms with Gasteiger partial charge in [-0.05, 0) is 36.8 Å². The zero-order valence-electron chi connectivity index (χ0n) is 12.1. The fourth-order valence-electron chi connectivity index (χ4n) is 2.28. The van der Waals surface area contributed by atoms with Crippen molar-refractivity contribution in [3.63, 3.8) is 0 Å². The van der Waals surface area contributed by atoms with Gasteiger partial charge >= 0.3 is 0 Å². The van der Waals surface area contributed by atoms with E-state index < -0.39 is 0 Å². The van der Waals surface area contributed by atoms with Gasteiger partial charge in [0.1, 0.15) is 0 Å². The predicted molar refractivity (Wildman–Crippen MR) is 72.0 cm³/mol. The Hall–Kier alpha value is -0.900. The lowest BCUT2D eigenvalue weighted by Gasteiger charge is -2.29. The van der Waals surface area contributed by atoms with Crippen LogP contribution >= 0.6 is 0 Å². The maximum absolute atomic E-state index is 10.8. The van der Waals surface area contributed by atoms with Crippen molar-refractivity contribution in [2.75, 3.05) is 13.1 Å². The Labute approximate surface area is 110 Å². The first-order valence-electron chi connectivity index (χ1n) is 6.74. The summed E-state index contributed by atoms with van der Waals surface area (Å²) in [7, 11) is 0. The van der Waals surface area contributed by atoms with E-state index in [9.17, 15) is 9.59 Å². The van der Waals surface area contributed by atoms with Crippen molar-refractivity contribution in [2.24, 2.45) is 10.8 Å². The van der Waals surface area contributed by atoms with Gasteiger partial charge in [-0.3, -0.25) is 14.9 Å². The molecule has 0 atom stereocenters. The van der Waals surface area contributed by atoms with Crippen LogP contribution in [-0.4, -0.2) is 24.9 Å². The average Bonchev–Trinajstić information content (AvgIpc) is 2.13. The van der Waals surface area contributed by atoms with Crippen LogP contribution in [0.4, 0.5) is 0 Å². The molecule has 0 spiro atoms. The normalized spacial score (nSPS) is 25.8. The number of amides is 2. The van der Waals surface area contributed by atoms with Crippen LogP contribution in [0.25, 0.3) is 0 Å². The average molecular weight is 254 g/mol. The van der Waals surface area contributed by atoms with Gasteiger partial charge in [-0.2, -0.15) is 0 Å². The van der Waals surface area contributed by atoms with Crippen LogP contribution in [0.5, 0.6) is 0 Å². The Morgan fingerprint density at radius 2 is 1.28 bits per heavy atom. The van der Waals surface area contributed by atoms with E-state index in [0.29, 0.717) is 18.3 Å². The molecule has 2 heterocycles. The third-order valence-electron chi connectivity index (χ3n) is 3.51.